The molecule has 1 fully saturated rings. The Labute approximate surface area is 184 Å². The van der Waals surface area contributed by atoms with Gasteiger partial charge in [0.05, 0.1) is 11.2 Å². The van der Waals surface area contributed by atoms with Crippen molar-refractivity contribution in [2.75, 3.05) is 18.8 Å². The summed E-state index contributed by atoms with van der Waals surface area (Å²) in [5.41, 5.74) is 7.36. The van der Waals surface area contributed by atoms with Crippen LogP contribution < -0.4 is 15.8 Å². The number of nitrogen functional groups attached to an aromatic ring is 1. The Balaban J connectivity index is 1.62. The molecule has 1 aliphatic heterocycles. The van der Waals surface area contributed by atoms with Gasteiger partial charge in [-0.25, -0.2) is 9.37 Å². The molecule has 0 bridgehead atoms. The lowest BCUT2D eigenvalue weighted by Crippen LogP contribution is -2.36. The van der Waals surface area contributed by atoms with Crippen LogP contribution in [0.25, 0.3) is 11.1 Å². The molecule has 2 aromatic heterocycles. The van der Waals surface area contributed by atoms with Gasteiger partial charge in [-0.3, -0.25) is 4.68 Å². The Bertz CT molecular complexity index is 1090. The second-order valence-electron chi connectivity index (χ2n) is 7.33. The van der Waals surface area contributed by atoms with Crippen LogP contribution in [0, 0.1) is 5.82 Å². The van der Waals surface area contributed by atoms with E-state index in [0.29, 0.717) is 22.9 Å². The third-order valence-corrected chi connectivity index (χ3v) is 5.92. The van der Waals surface area contributed by atoms with Crippen molar-refractivity contribution >= 4 is 36.9 Å². The minimum absolute atomic E-state index is 0.0858. The number of pyridine rings is 1. The van der Waals surface area contributed by atoms with E-state index in [1.165, 1.54) is 12.1 Å². The molecule has 2 radical (unpaired) electrons. The summed E-state index contributed by atoms with van der Waals surface area (Å²) < 4.78 is 21.6. The van der Waals surface area contributed by atoms with Gasteiger partial charge in [0.25, 0.3) is 0 Å². The summed E-state index contributed by atoms with van der Waals surface area (Å²) in [4.78, 5) is 4.22. The Morgan fingerprint density at radius 3 is 2.87 bits per heavy atom. The zero-order chi connectivity index (χ0) is 21.5. The van der Waals surface area contributed by atoms with Crippen molar-refractivity contribution in [3.05, 3.63) is 58.2 Å². The Hall–Kier alpha value is -2.29. The predicted molar refractivity (Wildman–Crippen MR) is 117 cm³/mol. The second kappa shape index (κ2) is 8.09. The van der Waals surface area contributed by atoms with E-state index >= 15 is 0 Å². The normalized spacial score (nSPS) is 19.7. The van der Waals surface area contributed by atoms with Crippen molar-refractivity contribution in [2.45, 2.75) is 24.9 Å². The van der Waals surface area contributed by atoms with E-state index < -0.39 is 17.4 Å². The minimum atomic E-state index is -0.653. The van der Waals surface area contributed by atoms with Crippen LogP contribution in [0.15, 0.2) is 36.8 Å². The van der Waals surface area contributed by atoms with E-state index in [4.69, 9.17) is 41.5 Å². The highest BCUT2D eigenvalue weighted by atomic mass is 35.5. The molecular formula is C20H19BCl2FN5O. The largest absolute Gasteiger partial charge is 0.482 e. The molecule has 0 aliphatic carbocycles. The van der Waals surface area contributed by atoms with Gasteiger partial charge in [0, 0.05) is 46.1 Å². The minimum Gasteiger partial charge on any atom is -0.482 e. The van der Waals surface area contributed by atoms with Gasteiger partial charge in [-0.1, -0.05) is 23.2 Å². The summed E-state index contributed by atoms with van der Waals surface area (Å²) in [6, 6.07) is 4.39. The van der Waals surface area contributed by atoms with Gasteiger partial charge in [-0.2, -0.15) is 5.10 Å². The molecule has 0 amide bonds. The highest BCUT2D eigenvalue weighted by molar-refractivity contribution is 6.36. The maximum Gasteiger partial charge on any atom is 0.166 e. The van der Waals surface area contributed by atoms with Crippen molar-refractivity contribution in [3.8, 4) is 16.9 Å². The third kappa shape index (κ3) is 3.87. The molecule has 30 heavy (non-hydrogen) atoms. The number of halogens is 3. The van der Waals surface area contributed by atoms with Crippen LogP contribution in [0.5, 0.6) is 5.75 Å². The summed E-state index contributed by atoms with van der Waals surface area (Å²) >= 11 is 12.3. The maximum atomic E-state index is 13.9. The molecule has 3 heterocycles. The average molecular weight is 446 g/mol. The fraction of sp³-hybridized carbons (Fsp3) is 0.300. The number of anilines is 1. The number of benzene rings is 1. The fourth-order valence-electron chi connectivity index (χ4n) is 3.48. The monoisotopic (exact) mass is 445 g/mol. The molecular weight excluding hydrogens is 427 g/mol. The van der Waals surface area contributed by atoms with Gasteiger partial charge < -0.3 is 15.8 Å². The number of nitrogens with one attached hydrogen (secondary N) is 1. The molecule has 3 N–H and O–H groups in total. The lowest BCUT2D eigenvalue weighted by molar-refractivity contribution is 0.227. The molecule has 4 rings (SSSR count). The van der Waals surface area contributed by atoms with Crippen LogP contribution in [0.4, 0.5) is 10.2 Å². The van der Waals surface area contributed by atoms with E-state index in [1.54, 1.807) is 30.1 Å². The maximum absolute atomic E-state index is 13.9. The van der Waals surface area contributed by atoms with E-state index in [1.807, 2.05) is 6.20 Å². The Kier molecular flexibility index (Phi) is 5.66. The number of ether oxygens (including phenoxy) is 1. The van der Waals surface area contributed by atoms with Crippen LogP contribution in [-0.2, 0) is 5.44 Å². The predicted octanol–water partition coefficient (Wildman–Crippen LogP) is 3.93. The van der Waals surface area contributed by atoms with Crippen LogP contribution >= 0.6 is 23.2 Å². The third-order valence-electron chi connectivity index (χ3n) is 5.21. The average Bonchev–Trinajstić information content (AvgIpc) is 3.37. The zero-order valence-electron chi connectivity index (χ0n) is 16.2. The summed E-state index contributed by atoms with van der Waals surface area (Å²) in [6.45, 7) is 3.20. The lowest BCUT2D eigenvalue weighted by atomic mass is 9.77. The number of aromatic nitrogens is 3. The molecule has 154 valence electrons. The fourth-order valence-corrected chi connectivity index (χ4v) is 4.16. The van der Waals surface area contributed by atoms with Gasteiger partial charge in [-0.15, -0.1) is 0 Å². The molecule has 2 unspecified atom stereocenters. The number of rotatable bonds is 5. The molecule has 0 saturated carbocycles. The highest BCUT2D eigenvalue weighted by Gasteiger charge is 2.30. The van der Waals surface area contributed by atoms with Crippen LogP contribution in [0.2, 0.25) is 10.0 Å². The lowest BCUT2D eigenvalue weighted by Gasteiger charge is -2.23. The van der Waals surface area contributed by atoms with Gasteiger partial charge >= 0.3 is 0 Å². The van der Waals surface area contributed by atoms with Crippen molar-refractivity contribution in [3.63, 3.8) is 0 Å². The van der Waals surface area contributed by atoms with Gasteiger partial charge in [0.15, 0.2) is 11.6 Å². The topological polar surface area (TPSA) is 78.0 Å². The van der Waals surface area contributed by atoms with E-state index in [0.717, 1.165) is 24.1 Å². The quantitative estimate of drug-likeness (QED) is 0.459. The Morgan fingerprint density at radius 1 is 1.33 bits per heavy atom. The van der Waals surface area contributed by atoms with Gasteiger partial charge in [0.2, 0.25) is 0 Å². The summed E-state index contributed by atoms with van der Waals surface area (Å²) in [7, 11) is 6.42. The number of hydrogen-bond acceptors (Lipinski definition) is 5. The number of nitrogens with zero attached hydrogens (tertiary/aromatic N) is 3. The Morgan fingerprint density at radius 2 is 2.13 bits per heavy atom. The standard InChI is InChI=1S/C20H19BCl2FN5O/c1-11(17-14(22)2-3-15(24)18(17)23)30-16-6-12(7-27-19(16)25)13-8-28-29(9-13)20(21)4-5-26-10-20/h2-3,6-9,11,26H,4-5,10H2,1H3,(H2,25,27). The van der Waals surface area contributed by atoms with E-state index in [-0.39, 0.29) is 10.8 Å². The SMILES string of the molecule is [B]C1(n2cc(-c3cnc(N)c(OC(C)c4c(Cl)ccc(F)c4Cl)c3)cn2)CCNC1. The smallest absolute Gasteiger partial charge is 0.166 e. The number of nitrogens with two attached hydrogens (primary N) is 1. The summed E-state index contributed by atoms with van der Waals surface area (Å²) in [6.07, 6.45) is 5.35. The highest BCUT2D eigenvalue weighted by Crippen LogP contribution is 2.37. The van der Waals surface area contributed by atoms with Crippen molar-refractivity contribution in [2.24, 2.45) is 0 Å². The molecule has 1 aliphatic rings. The first-order valence-electron chi connectivity index (χ1n) is 9.39. The first-order chi connectivity index (χ1) is 14.3. The summed E-state index contributed by atoms with van der Waals surface area (Å²) in [5, 5.41) is 7.88. The molecule has 6 nitrogen and oxygen atoms in total. The van der Waals surface area contributed by atoms with E-state index in [2.05, 4.69) is 15.4 Å². The van der Waals surface area contributed by atoms with Crippen molar-refractivity contribution in [1.29, 1.82) is 0 Å². The molecule has 1 saturated heterocycles. The van der Waals surface area contributed by atoms with Crippen molar-refractivity contribution < 1.29 is 9.13 Å². The zero-order valence-corrected chi connectivity index (χ0v) is 17.7. The molecule has 1 aromatic carbocycles. The number of hydrogen-bond donors (Lipinski definition) is 2. The first kappa shape index (κ1) is 21.0. The van der Waals surface area contributed by atoms with Crippen molar-refractivity contribution in [1.82, 2.24) is 20.1 Å². The van der Waals surface area contributed by atoms with Crippen LogP contribution in [0.3, 0.4) is 0 Å². The molecule has 10 heteroatoms. The van der Waals surface area contributed by atoms with Crippen LogP contribution in [-0.4, -0.2) is 35.7 Å². The molecule has 0 spiro atoms. The van der Waals surface area contributed by atoms with Gasteiger partial charge in [0.1, 0.15) is 19.8 Å². The summed E-state index contributed by atoms with van der Waals surface area (Å²) in [5.74, 6) is -0.0537. The van der Waals surface area contributed by atoms with Crippen LogP contribution in [0.1, 0.15) is 25.0 Å². The molecule has 2 atom stereocenters. The van der Waals surface area contributed by atoms with E-state index in [9.17, 15) is 4.39 Å². The molecule has 3 aromatic rings. The van der Waals surface area contributed by atoms with Gasteiger partial charge in [-0.05, 0) is 38.1 Å². The second-order valence-corrected chi connectivity index (χ2v) is 8.11. The first-order valence-corrected chi connectivity index (χ1v) is 10.1.